The maximum atomic E-state index is 11.4. The number of carboxylic acid groups (broad SMARTS) is 1. The van der Waals surface area contributed by atoms with Crippen molar-refractivity contribution in [2.75, 3.05) is 11.3 Å². The first-order valence-corrected chi connectivity index (χ1v) is 7.95. The number of nitrogens with one attached hydrogen (secondary N) is 1. The molecule has 0 spiro atoms. The van der Waals surface area contributed by atoms with E-state index >= 15 is 0 Å². The number of sulfone groups is 1. The minimum Gasteiger partial charge on any atom is -0.481 e. The molecule has 0 bridgehead atoms. The predicted octanol–water partition coefficient (Wildman–Crippen LogP) is -0.839. The van der Waals surface area contributed by atoms with E-state index < -0.39 is 42.9 Å². The van der Waals surface area contributed by atoms with E-state index in [1.807, 2.05) is 4.72 Å². The fourth-order valence-electron chi connectivity index (χ4n) is 1.15. The van der Waals surface area contributed by atoms with Crippen LogP contribution in [0.3, 0.4) is 0 Å². The van der Waals surface area contributed by atoms with Gasteiger partial charge < -0.3 is 5.11 Å². The molecule has 0 aromatic heterocycles. The molecule has 0 aliphatic heterocycles. The average Bonchev–Trinajstić information content (AvgIpc) is 1.69. The van der Waals surface area contributed by atoms with Crippen LogP contribution in [0.2, 0.25) is 0 Å². The molecule has 0 fully saturated rings. The molecule has 96 valence electrons. The standard InChI is InChI=1S/C7H15NO6S2/c1-7(2,4-6(9)10)8-16(13,14)5-15(3,11)12/h8H,4-5H2,1-3H3,(H,9,10). The Morgan fingerprint density at radius 1 is 1.25 bits per heavy atom. The zero-order chi connectivity index (χ0) is 13.2. The molecule has 0 aromatic carbocycles. The van der Waals surface area contributed by atoms with E-state index in [0.29, 0.717) is 0 Å². The van der Waals surface area contributed by atoms with Crippen molar-refractivity contribution >= 4 is 25.8 Å². The van der Waals surface area contributed by atoms with E-state index in [4.69, 9.17) is 5.11 Å². The lowest BCUT2D eigenvalue weighted by molar-refractivity contribution is -0.138. The number of hydrogen-bond donors (Lipinski definition) is 2. The quantitative estimate of drug-likeness (QED) is 0.651. The lowest BCUT2D eigenvalue weighted by Gasteiger charge is -2.23. The van der Waals surface area contributed by atoms with E-state index in [-0.39, 0.29) is 0 Å². The van der Waals surface area contributed by atoms with Crippen molar-refractivity contribution in [3.63, 3.8) is 0 Å². The maximum absolute atomic E-state index is 11.4. The fourth-order valence-corrected chi connectivity index (χ4v) is 4.55. The fraction of sp³-hybridized carbons (Fsp3) is 0.857. The van der Waals surface area contributed by atoms with Gasteiger partial charge in [0.25, 0.3) is 0 Å². The largest absolute Gasteiger partial charge is 0.481 e. The van der Waals surface area contributed by atoms with Crippen LogP contribution < -0.4 is 4.72 Å². The Balaban J connectivity index is 4.78. The van der Waals surface area contributed by atoms with Gasteiger partial charge in [-0.15, -0.1) is 0 Å². The van der Waals surface area contributed by atoms with Gasteiger partial charge in [-0.1, -0.05) is 0 Å². The van der Waals surface area contributed by atoms with Gasteiger partial charge in [-0.25, -0.2) is 21.6 Å². The van der Waals surface area contributed by atoms with Crippen molar-refractivity contribution < 1.29 is 26.7 Å². The summed E-state index contributed by atoms with van der Waals surface area (Å²) in [5.74, 6) is -1.17. The van der Waals surface area contributed by atoms with Crippen molar-refractivity contribution in [3.05, 3.63) is 0 Å². The zero-order valence-corrected chi connectivity index (χ0v) is 10.9. The summed E-state index contributed by atoms with van der Waals surface area (Å²) in [6.07, 6.45) is 0.354. The highest BCUT2D eigenvalue weighted by molar-refractivity contribution is 8.06. The van der Waals surface area contributed by atoms with Gasteiger partial charge in [0.05, 0.1) is 6.42 Å². The number of aliphatic carboxylic acids is 1. The number of rotatable bonds is 6. The molecule has 0 aliphatic carbocycles. The molecule has 0 aromatic rings. The Morgan fingerprint density at radius 3 is 2.00 bits per heavy atom. The molecule has 0 saturated heterocycles. The second-order valence-corrected chi connectivity index (χ2v) is 8.44. The second-order valence-electron chi connectivity index (χ2n) is 4.21. The summed E-state index contributed by atoms with van der Waals surface area (Å²) >= 11 is 0. The van der Waals surface area contributed by atoms with Crippen LogP contribution in [0, 0.1) is 0 Å². The van der Waals surface area contributed by atoms with Gasteiger partial charge in [-0.05, 0) is 13.8 Å². The topological polar surface area (TPSA) is 118 Å². The number of hydrogen-bond acceptors (Lipinski definition) is 5. The van der Waals surface area contributed by atoms with E-state index in [1.165, 1.54) is 13.8 Å². The van der Waals surface area contributed by atoms with Crippen molar-refractivity contribution in [3.8, 4) is 0 Å². The van der Waals surface area contributed by atoms with Crippen molar-refractivity contribution in [2.24, 2.45) is 0 Å². The summed E-state index contributed by atoms with van der Waals surface area (Å²) in [5, 5.41) is 7.47. The molecule has 7 nitrogen and oxygen atoms in total. The average molecular weight is 273 g/mol. The van der Waals surface area contributed by atoms with Crippen LogP contribution in [0.25, 0.3) is 0 Å². The maximum Gasteiger partial charge on any atom is 0.305 e. The van der Waals surface area contributed by atoms with Gasteiger partial charge in [-0.3, -0.25) is 4.79 Å². The lowest BCUT2D eigenvalue weighted by atomic mass is 10.0. The molecule has 0 atom stereocenters. The molecule has 0 heterocycles. The highest BCUT2D eigenvalue weighted by Crippen LogP contribution is 2.10. The molecule has 0 aliphatic rings. The normalized spacial score (nSPS) is 13.7. The lowest BCUT2D eigenvalue weighted by Crippen LogP contribution is -2.46. The van der Waals surface area contributed by atoms with Gasteiger partial charge in [0, 0.05) is 11.8 Å². The van der Waals surface area contributed by atoms with Crippen LogP contribution in [0.15, 0.2) is 0 Å². The Labute approximate surface area is 94.8 Å². The number of sulfonamides is 1. The van der Waals surface area contributed by atoms with Gasteiger partial charge in [0.15, 0.2) is 14.9 Å². The first-order chi connectivity index (χ1) is 6.83. The summed E-state index contributed by atoms with van der Waals surface area (Å²) < 4.78 is 46.4. The highest BCUT2D eigenvalue weighted by atomic mass is 32.3. The first kappa shape index (κ1) is 15.3. The third-order valence-corrected chi connectivity index (χ3v) is 5.21. The Hall–Kier alpha value is -0.670. The van der Waals surface area contributed by atoms with Crippen LogP contribution >= 0.6 is 0 Å². The van der Waals surface area contributed by atoms with Crippen LogP contribution in [-0.4, -0.2) is 44.8 Å². The number of carbonyl (C=O) groups is 1. The minimum absolute atomic E-state index is 0.435. The molecule has 9 heteroatoms. The van der Waals surface area contributed by atoms with Crippen LogP contribution in [-0.2, 0) is 24.7 Å². The third kappa shape index (κ3) is 7.60. The van der Waals surface area contributed by atoms with E-state index in [0.717, 1.165) is 6.26 Å². The van der Waals surface area contributed by atoms with Gasteiger partial charge >= 0.3 is 5.97 Å². The zero-order valence-electron chi connectivity index (χ0n) is 9.22. The molecule has 0 unspecified atom stereocenters. The van der Waals surface area contributed by atoms with Gasteiger partial charge in [0.1, 0.15) is 0 Å². The van der Waals surface area contributed by atoms with Gasteiger partial charge in [-0.2, -0.15) is 0 Å². The Morgan fingerprint density at radius 2 is 1.69 bits per heavy atom. The van der Waals surface area contributed by atoms with Crippen molar-refractivity contribution in [1.29, 1.82) is 0 Å². The summed E-state index contributed by atoms with van der Waals surface area (Å²) in [7, 11) is -7.72. The summed E-state index contributed by atoms with van der Waals surface area (Å²) in [6.45, 7) is 2.72. The molecule has 0 radical (unpaired) electrons. The molecular weight excluding hydrogens is 258 g/mol. The smallest absolute Gasteiger partial charge is 0.305 e. The predicted molar refractivity (Wildman–Crippen MR) is 58.1 cm³/mol. The first-order valence-electron chi connectivity index (χ1n) is 4.24. The molecule has 0 rings (SSSR count). The van der Waals surface area contributed by atoms with E-state index in [9.17, 15) is 21.6 Å². The van der Waals surface area contributed by atoms with E-state index in [1.54, 1.807) is 0 Å². The monoisotopic (exact) mass is 273 g/mol. The SMILES string of the molecule is CC(C)(CC(=O)O)NS(=O)(=O)CS(C)(=O)=O. The van der Waals surface area contributed by atoms with Crippen LogP contribution in [0.1, 0.15) is 20.3 Å². The van der Waals surface area contributed by atoms with Crippen LogP contribution in [0.4, 0.5) is 0 Å². The van der Waals surface area contributed by atoms with Crippen molar-refractivity contribution in [1.82, 2.24) is 4.72 Å². The number of carboxylic acids is 1. The highest BCUT2D eigenvalue weighted by Gasteiger charge is 2.29. The van der Waals surface area contributed by atoms with Crippen LogP contribution in [0.5, 0.6) is 0 Å². The summed E-state index contributed by atoms with van der Waals surface area (Å²) in [6, 6.07) is 0. The summed E-state index contributed by atoms with van der Waals surface area (Å²) in [4.78, 5) is 10.4. The minimum atomic E-state index is -4.04. The third-order valence-electron chi connectivity index (χ3n) is 1.39. The molecule has 0 amide bonds. The second kappa shape index (κ2) is 4.68. The molecule has 2 N–H and O–H groups in total. The molecule has 16 heavy (non-hydrogen) atoms. The summed E-state index contributed by atoms with van der Waals surface area (Å²) in [5.41, 5.74) is -1.23. The van der Waals surface area contributed by atoms with Crippen molar-refractivity contribution in [2.45, 2.75) is 25.8 Å². The Kier molecular flexibility index (Phi) is 4.48. The van der Waals surface area contributed by atoms with E-state index in [2.05, 4.69) is 0 Å². The molecule has 0 saturated carbocycles. The Bertz CT molecular complexity index is 461. The molecular formula is C7H15NO6S2. The van der Waals surface area contributed by atoms with Gasteiger partial charge in [0.2, 0.25) is 10.0 Å².